The van der Waals surface area contributed by atoms with Crippen molar-refractivity contribution in [1.82, 2.24) is 9.88 Å². The molecule has 0 aliphatic carbocycles. The molecule has 6 heteroatoms. The number of aromatic nitrogens is 1. The Labute approximate surface area is 135 Å². The molecule has 2 aliphatic rings. The number of amides is 1. The van der Waals surface area contributed by atoms with Crippen molar-refractivity contribution in [2.24, 2.45) is 0 Å². The summed E-state index contributed by atoms with van der Waals surface area (Å²) in [5.41, 5.74) is 0.916. The second kappa shape index (κ2) is 6.98. The van der Waals surface area contributed by atoms with E-state index in [1.54, 1.807) is 18.0 Å². The van der Waals surface area contributed by atoms with Crippen LogP contribution in [0.4, 0.5) is 0 Å². The molecule has 0 bridgehead atoms. The molecule has 5 nitrogen and oxygen atoms in total. The zero-order chi connectivity index (χ0) is 15.4. The predicted molar refractivity (Wildman–Crippen MR) is 85.7 cm³/mol. The van der Waals surface area contributed by atoms with Crippen LogP contribution < -0.4 is 0 Å². The smallest absolute Gasteiger partial charge is 0.232 e. The standard InChI is InChI=1S/C16H22N2O3S/c1-22-10-15(19)18-11-16(12-18)7-14(4-6-21-16)20-9-13-3-2-5-17-8-13/h2-3,5,8,14H,4,6-7,9-12H2,1H3/t14-/m1/s1. The average molecular weight is 322 g/mol. The number of carbonyl (C=O) groups excluding carboxylic acids is 1. The van der Waals surface area contributed by atoms with Crippen LogP contribution in [0, 0.1) is 0 Å². The highest BCUT2D eigenvalue weighted by molar-refractivity contribution is 7.99. The minimum atomic E-state index is -0.175. The highest BCUT2D eigenvalue weighted by Gasteiger charge is 2.49. The number of thioether (sulfide) groups is 1. The predicted octanol–water partition coefficient (Wildman–Crippen LogP) is 1.72. The molecule has 0 unspecified atom stereocenters. The molecule has 1 atom stereocenters. The summed E-state index contributed by atoms with van der Waals surface area (Å²) in [6.45, 7) is 2.71. The molecule has 2 aliphatic heterocycles. The van der Waals surface area contributed by atoms with E-state index < -0.39 is 0 Å². The molecule has 22 heavy (non-hydrogen) atoms. The van der Waals surface area contributed by atoms with Crippen LogP contribution in [0.3, 0.4) is 0 Å². The maximum Gasteiger partial charge on any atom is 0.232 e. The molecule has 1 aromatic heterocycles. The van der Waals surface area contributed by atoms with Gasteiger partial charge in [-0.15, -0.1) is 0 Å². The van der Waals surface area contributed by atoms with Gasteiger partial charge in [0.05, 0.1) is 31.6 Å². The first-order chi connectivity index (χ1) is 10.7. The van der Waals surface area contributed by atoms with E-state index in [2.05, 4.69) is 4.98 Å². The summed E-state index contributed by atoms with van der Waals surface area (Å²) in [5.74, 6) is 0.761. The van der Waals surface area contributed by atoms with Gasteiger partial charge in [-0.3, -0.25) is 9.78 Å². The van der Waals surface area contributed by atoms with Crippen molar-refractivity contribution in [2.45, 2.75) is 31.2 Å². The summed E-state index contributed by atoms with van der Waals surface area (Å²) in [6, 6.07) is 3.94. The highest BCUT2D eigenvalue weighted by atomic mass is 32.2. The Morgan fingerprint density at radius 1 is 1.59 bits per heavy atom. The van der Waals surface area contributed by atoms with E-state index in [0.717, 1.165) is 18.4 Å². The third-order valence-corrected chi connectivity index (χ3v) is 4.77. The van der Waals surface area contributed by atoms with E-state index in [4.69, 9.17) is 9.47 Å². The van der Waals surface area contributed by atoms with E-state index in [1.807, 2.05) is 29.5 Å². The van der Waals surface area contributed by atoms with E-state index >= 15 is 0 Å². The Morgan fingerprint density at radius 2 is 2.45 bits per heavy atom. The van der Waals surface area contributed by atoms with Gasteiger partial charge in [-0.1, -0.05) is 6.07 Å². The summed E-state index contributed by atoms with van der Waals surface area (Å²) in [7, 11) is 0. The van der Waals surface area contributed by atoms with Crippen molar-refractivity contribution in [3.05, 3.63) is 30.1 Å². The van der Waals surface area contributed by atoms with Crippen LogP contribution in [0.1, 0.15) is 18.4 Å². The first kappa shape index (κ1) is 15.8. The molecule has 3 rings (SSSR count). The lowest BCUT2D eigenvalue weighted by Crippen LogP contribution is -2.67. The molecule has 1 spiro atoms. The van der Waals surface area contributed by atoms with Gasteiger partial charge in [-0.2, -0.15) is 11.8 Å². The van der Waals surface area contributed by atoms with E-state index in [-0.39, 0.29) is 17.6 Å². The van der Waals surface area contributed by atoms with Crippen LogP contribution in [-0.2, 0) is 20.9 Å². The molecular formula is C16H22N2O3S. The van der Waals surface area contributed by atoms with Crippen LogP contribution in [-0.4, -0.2) is 59.2 Å². The molecule has 2 saturated heterocycles. The number of ether oxygens (including phenoxy) is 2. The van der Waals surface area contributed by atoms with Crippen molar-refractivity contribution >= 4 is 17.7 Å². The summed E-state index contributed by atoms with van der Waals surface area (Å²) in [5, 5.41) is 0. The summed E-state index contributed by atoms with van der Waals surface area (Å²) < 4.78 is 12.0. The lowest BCUT2D eigenvalue weighted by molar-refractivity contribution is -0.201. The van der Waals surface area contributed by atoms with Crippen molar-refractivity contribution in [3.63, 3.8) is 0 Å². The summed E-state index contributed by atoms with van der Waals surface area (Å²) in [6.07, 6.45) is 7.54. The Bertz CT molecular complexity index is 505. The fourth-order valence-corrected chi connectivity index (χ4v) is 3.51. The van der Waals surface area contributed by atoms with Crippen molar-refractivity contribution in [3.8, 4) is 0 Å². The fraction of sp³-hybridized carbons (Fsp3) is 0.625. The summed E-state index contributed by atoms with van der Waals surface area (Å²) in [4.78, 5) is 17.8. The fourth-order valence-electron chi connectivity index (χ4n) is 3.08. The van der Waals surface area contributed by atoms with Gasteiger partial charge in [0.25, 0.3) is 0 Å². The number of rotatable bonds is 5. The number of pyridine rings is 1. The monoisotopic (exact) mass is 322 g/mol. The normalized spacial score (nSPS) is 23.3. The molecule has 120 valence electrons. The molecule has 0 N–H and O–H groups in total. The lowest BCUT2D eigenvalue weighted by atomic mass is 9.84. The van der Waals surface area contributed by atoms with Crippen LogP contribution in [0.15, 0.2) is 24.5 Å². The second-order valence-electron chi connectivity index (χ2n) is 6.00. The van der Waals surface area contributed by atoms with Crippen molar-refractivity contribution in [1.29, 1.82) is 0 Å². The van der Waals surface area contributed by atoms with E-state index in [0.29, 0.717) is 32.1 Å². The summed E-state index contributed by atoms with van der Waals surface area (Å²) >= 11 is 1.57. The zero-order valence-electron chi connectivity index (χ0n) is 12.9. The minimum Gasteiger partial charge on any atom is -0.373 e. The van der Waals surface area contributed by atoms with Gasteiger partial charge in [0.1, 0.15) is 5.60 Å². The maximum absolute atomic E-state index is 11.9. The van der Waals surface area contributed by atoms with Gasteiger partial charge in [-0.05, 0) is 24.3 Å². The van der Waals surface area contributed by atoms with E-state index in [1.165, 1.54) is 0 Å². The van der Waals surface area contributed by atoms with Gasteiger partial charge in [-0.25, -0.2) is 0 Å². The van der Waals surface area contributed by atoms with Crippen LogP contribution in [0.5, 0.6) is 0 Å². The number of hydrogen-bond acceptors (Lipinski definition) is 5. The Hall–Kier alpha value is -1.11. The molecule has 0 saturated carbocycles. The Morgan fingerprint density at radius 3 is 3.18 bits per heavy atom. The van der Waals surface area contributed by atoms with E-state index in [9.17, 15) is 4.79 Å². The van der Waals surface area contributed by atoms with Crippen LogP contribution >= 0.6 is 11.8 Å². The minimum absolute atomic E-state index is 0.175. The SMILES string of the molecule is CSCC(=O)N1CC2(C[C@H](OCc3cccnc3)CCO2)C1. The molecule has 0 radical (unpaired) electrons. The maximum atomic E-state index is 11.9. The lowest BCUT2D eigenvalue weighted by Gasteiger charge is -2.53. The van der Waals surface area contributed by atoms with Gasteiger partial charge < -0.3 is 14.4 Å². The molecule has 3 heterocycles. The molecular weight excluding hydrogens is 300 g/mol. The van der Waals surface area contributed by atoms with Gasteiger partial charge in [0.2, 0.25) is 5.91 Å². The second-order valence-corrected chi connectivity index (χ2v) is 6.87. The third-order valence-electron chi connectivity index (χ3n) is 4.23. The van der Waals surface area contributed by atoms with Crippen molar-refractivity contribution < 1.29 is 14.3 Å². The average Bonchev–Trinajstić information content (AvgIpc) is 2.52. The van der Waals surface area contributed by atoms with Crippen LogP contribution in [0.25, 0.3) is 0 Å². The Balaban J connectivity index is 1.47. The first-order valence-electron chi connectivity index (χ1n) is 7.62. The topological polar surface area (TPSA) is 51.7 Å². The van der Waals surface area contributed by atoms with Crippen molar-refractivity contribution in [2.75, 3.05) is 31.7 Å². The van der Waals surface area contributed by atoms with Gasteiger partial charge in [0, 0.05) is 25.4 Å². The number of nitrogens with zero attached hydrogens (tertiary/aromatic N) is 2. The van der Waals surface area contributed by atoms with Gasteiger partial charge in [0.15, 0.2) is 0 Å². The molecule has 0 aromatic carbocycles. The zero-order valence-corrected chi connectivity index (χ0v) is 13.7. The molecule has 1 amide bonds. The highest BCUT2D eigenvalue weighted by Crippen LogP contribution is 2.35. The number of hydrogen-bond donors (Lipinski definition) is 0. The molecule has 2 fully saturated rings. The van der Waals surface area contributed by atoms with Gasteiger partial charge >= 0.3 is 0 Å². The number of carbonyl (C=O) groups is 1. The quantitative estimate of drug-likeness (QED) is 0.826. The molecule has 1 aromatic rings. The number of likely N-dealkylation sites (tertiary alicyclic amines) is 1. The first-order valence-corrected chi connectivity index (χ1v) is 9.01. The Kier molecular flexibility index (Phi) is 5.00. The third kappa shape index (κ3) is 3.62. The largest absolute Gasteiger partial charge is 0.373 e. The van der Waals surface area contributed by atoms with Crippen LogP contribution in [0.2, 0.25) is 0 Å².